The highest BCUT2D eigenvalue weighted by Gasteiger charge is 2.32. The van der Waals surface area contributed by atoms with Crippen molar-refractivity contribution in [3.05, 3.63) is 71.9 Å². The van der Waals surface area contributed by atoms with Gasteiger partial charge in [0.1, 0.15) is 0 Å². The summed E-state index contributed by atoms with van der Waals surface area (Å²) in [6, 6.07) is 18.8. The minimum atomic E-state index is 0.223. The fourth-order valence-electron chi connectivity index (χ4n) is 3.13. The van der Waals surface area contributed by atoms with Crippen LogP contribution in [0.1, 0.15) is 24.0 Å². The van der Waals surface area contributed by atoms with Crippen molar-refractivity contribution in [3.8, 4) is 0 Å². The first-order valence-electron chi connectivity index (χ1n) is 8.19. The van der Waals surface area contributed by atoms with Crippen molar-refractivity contribution in [1.82, 2.24) is 9.88 Å². The van der Waals surface area contributed by atoms with E-state index in [1.807, 2.05) is 42.6 Å². The maximum atomic E-state index is 12.9. The molecule has 1 aliphatic rings. The number of amides is 1. The zero-order valence-electron chi connectivity index (χ0n) is 13.0. The molecule has 3 nitrogen and oxygen atoms in total. The van der Waals surface area contributed by atoms with Gasteiger partial charge in [0.25, 0.3) is 0 Å². The molecule has 116 valence electrons. The van der Waals surface area contributed by atoms with Crippen LogP contribution in [0.2, 0.25) is 0 Å². The largest absolute Gasteiger partial charge is 0.361 e. The van der Waals surface area contributed by atoms with Crippen LogP contribution >= 0.6 is 0 Å². The monoisotopic (exact) mass is 304 g/mol. The Kier molecular flexibility index (Phi) is 3.62. The summed E-state index contributed by atoms with van der Waals surface area (Å²) in [5.74, 6) is 0.223. The van der Waals surface area contributed by atoms with E-state index in [-0.39, 0.29) is 5.91 Å². The third-order valence-electron chi connectivity index (χ3n) is 4.52. The van der Waals surface area contributed by atoms with Crippen molar-refractivity contribution in [1.29, 1.82) is 0 Å². The molecular formula is C20H20N2O. The molecule has 0 atom stereocenters. The maximum absolute atomic E-state index is 12.9. The van der Waals surface area contributed by atoms with Gasteiger partial charge < -0.3 is 9.88 Å². The third kappa shape index (κ3) is 3.00. The Hall–Kier alpha value is -2.55. The van der Waals surface area contributed by atoms with Gasteiger partial charge in [0, 0.05) is 29.7 Å². The predicted octanol–water partition coefficient (Wildman–Crippen LogP) is 3.90. The molecule has 1 aliphatic carbocycles. The molecule has 1 aromatic heterocycles. The zero-order chi connectivity index (χ0) is 15.6. The van der Waals surface area contributed by atoms with Gasteiger partial charge in [-0.2, -0.15) is 0 Å². The maximum Gasteiger partial charge on any atom is 0.227 e. The fourth-order valence-corrected chi connectivity index (χ4v) is 3.13. The van der Waals surface area contributed by atoms with E-state index in [1.54, 1.807) is 0 Å². The first-order chi connectivity index (χ1) is 11.3. The summed E-state index contributed by atoms with van der Waals surface area (Å²) in [4.78, 5) is 18.2. The number of fused-ring (bicyclic) bond motifs is 1. The summed E-state index contributed by atoms with van der Waals surface area (Å²) in [7, 11) is 0. The van der Waals surface area contributed by atoms with Gasteiger partial charge >= 0.3 is 0 Å². The summed E-state index contributed by atoms with van der Waals surface area (Å²) in [6.07, 6.45) is 4.70. The van der Waals surface area contributed by atoms with Gasteiger partial charge in [-0.3, -0.25) is 4.79 Å². The van der Waals surface area contributed by atoms with Gasteiger partial charge in [-0.15, -0.1) is 0 Å². The molecule has 0 radical (unpaired) electrons. The van der Waals surface area contributed by atoms with Crippen LogP contribution in [0, 0.1) is 0 Å². The molecule has 1 amide bonds. The first-order valence-corrected chi connectivity index (χ1v) is 8.19. The van der Waals surface area contributed by atoms with E-state index in [0.29, 0.717) is 19.0 Å². The minimum absolute atomic E-state index is 0.223. The lowest BCUT2D eigenvalue weighted by Crippen LogP contribution is -2.33. The van der Waals surface area contributed by atoms with Crippen molar-refractivity contribution >= 4 is 16.8 Å². The van der Waals surface area contributed by atoms with Gasteiger partial charge in [0.15, 0.2) is 0 Å². The number of nitrogens with zero attached hydrogens (tertiary/aromatic N) is 1. The number of aromatic amines is 1. The zero-order valence-corrected chi connectivity index (χ0v) is 13.0. The lowest BCUT2D eigenvalue weighted by Gasteiger charge is -2.22. The van der Waals surface area contributed by atoms with Gasteiger partial charge in [-0.25, -0.2) is 0 Å². The lowest BCUT2D eigenvalue weighted by atomic mass is 10.1. The van der Waals surface area contributed by atoms with Crippen molar-refractivity contribution in [2.24, 2.45) is 0 Å². The van der Waals surface area contributed by atoms with Crippen molar-refractivity contribution in [3.63, 3.8) is 0 Å². The lowest BCUT2D eigenvalue weighted by molar-refractivity contribution is -0.131. The second-order valence-corrected chi connectivity index (χ2v) is 6.27. The molecule has 0 saturated heterocycles. The van der Waals surface area contributed by atoms with Crippen LogP contribution < -0.4 is 0 Å². The normalized spacial score (nSPS) is 14.1. The summed E-state index contributed by atoms with van der Waals surface area (Å²) in [5.41, 5.74) is 3.38. The minimum Gasteiger partial charge on any atom is -0.361 e. The molecule has 1 saturated carbocycles. The van der Waals surface area contributed by atoms with Crippen molar-refractivity contribution in [2.45, 2.75) is 31.8 Å². The van der Waals surface area contributed by atoms with Crippen LogP contribution in [-0.2, 0) is 17.8 Å². The number of benzene rings is 2. The van der Waals surface area contributed by atoms with Gasteiger partial charge in [0.05, 0.1) is 6.42 Å². The highest BCUT2D eigenvalue weighted by molar-refractivity contribution is 5.89. The number of rotatable bonds is 5. The number of aromatic nitrogens is 1. The van der Waals surface area contributed by atoms with Crippen LogP contribution in [0.25, 0.3) is 10.9 Å². The summed E-state index contributed by atoms with van der Waals surface area (Å²) >= 11 is 0. The number of nitrogens with one attached hydrogen (secondary N) is 1. The standard InChI is InChI=1S/C20H20N2O/c23-20(12-16-13-21-19-9-5-4-8-18(16)19)22(17-10-11-17)14-15-6-2-1-3-7-15/h1-9,13,17,21H,10-12,14H2. The van der Waals surface area contributed by atoms with Crippen LogP contribution in [0.3, 0.4) is 0 Å². The van der Waals surface area contributed by atoms with Crippen LogP contribution in [0.15, 0.2) is 60.8 Å². The van der Waals surface area contributed by atoms with E-state index >= 15 is 0 Å². The van der Waals surface area contributed by atoms with Crippen molar-refractivity contribution in [2.75, 3.05) is 0 Å². The van der Waals surface area contributed by atoms with Crippen LogP contribution in [0.5, 0.6) is 0 Å². The second kappa shape index (κ2) is 5.92. The fraction of sp³-hybridized carbons (Fsp3) is 0.250. The molecule has 1 heterocycles. The first kappa shape index (κ1) is 14.1. The van der Waals surface area contributed by atoms with Crippen LogP contribution in [-0.4, -0.2) is 21.8 Å². The number of hydrogen-bond acceptors (Lipinski definition) is 1. The average Bonchev–Trinajstić information content (AvgIpc) is 3.35. The molecule has 0 spiro atoms. The third-order valence-corrected chi connectivity index (χ3v) is 4.52. The quantitative estimate of drug-likeness (QED) is 0.762. The molecule has 0 aliphatic heterocycles. The van der Waals surface area contributed by atoms with E-state index < -0.39 is 0 Å². The molecule has 3 heteroatoms. The summed E-state index contributed by atoms with van der Waals surface area (Å²) in [5, 5.41) is 1.15. The number of hydrogen-bond donors (Lipinski definition) is 1. The van der Waals surface area contributed by atoms with Gasteiger partial charge in [-0.05, 0) is 30.0 Å². The Labute approximate surface area is 135 Å². The molecule has 2 aromatic carbocycles. The average molecular weight is 304 g/mol. The molecule has 3 aromatic rings. The second-order valence-electron chi connectivity index (χ2n) is 6.27. The number of H-pyrrole nitrogens is 1. The molecule has 0 bridgehead atoms. The van der Waals surface area contributed by atoms with E-state index in [1.165, 1.54) is 5.56 Å². The highest BCUT2D eigenvalue weighted by atomic mass is 16.2. The number of para-hydroxylation sites is 1. The molecule has 1 N–H and O–H groups in total. The predicted molar refractivity (Wildman–Crippen MR) is 92.0 cm³/mol. The SMILES string of the molecule is O=C(Cc1c[nH]c2ccccc12)N(Cc1ccccc1)C1CC1. The Bertz CT molecular complexity index is 818. The Morgan fingerprint density at radius 3 is 2.57 bits per heavy atom. The Morgan fingerprint density at radius 2 is 1.78 bits per heavy atom. The summed E-state index contributed by atoms with van der Waals surface area (Å²) < 4.78 is 0. The molecular weight excluding hydrogens is 284 g/mol. The number of carbonyl (C=O) groups excluding carboxylic acids is 1. The van der Waals surface area contributed by atoms with Crippen LogP contribution in [0.4, 0.5) is 0 Å². The Morgan fingerprint density at radius 1 is 1.04 bits per heavy atom. The molecule has 0 unspecified atom stereocenters. The summed E-state index contributed by atoms with van der Waals surface area (Å²) in [6.45, 7) is 0.715. The van der Waals surface area contributed by atoms with Gasteiger partial charge in [-0.1, -0.05) is 48.5 Å². The topological polar surface area (TPSA) is 36.1 Å². The number of carbonyl (C=O) groups is 1. The highest BCUT2D eigenvalue weighted by Crippen LogP contribution is 2.29. The van der Waals surface area contributed by atoms with Crippen molar-refractivity contribution < 1.29 is 4.79 Å². The smallest absolute Gasteiger partial charge is 0.227 e. The van der Waals surface area contributed by atoms with E-state index in [0.717, 1.165) is 29.3 Å². The molecule has 23 heavy (non-hydrogen) atoms. The van der Waals surface area contributed by atoms with E-state index in [9.17, 15) is 4.79 Å². The van der Waals surface area contributed by atoms with Gasteiger partial charge in [0.2, 0.25) is 5.91 Å². The Balaban J connectivity index is 1.54. The van der Waals surface area contributed by atoms with E-state index in [2.05, 4.69) is 28.1 Å². The molecule has 1 fully saturated rings. The molecule has 4 rings (SSSR count). The van der Waals surface area contributed by atoms with E-state index in [4.69, 9.17) is 0 Å².